The van der Waals surface area contributed by atoms with Gasteiger partial charge in [-0.2, -0.15) is 0 Å². The number of rotatable bonds is 1. The zero-order valence-electron chi connectivity index (χ0n) is 7.87. The van der Waals surface area contributed by atoms with Gasteiger partial charge in [0.2, 0.25) is 0 Å². The van der Waals surface area contributed by atoms with Crippen molar-refractivity contribution < 1.29 is 9.53 Å². The highest BCUT2D eigenvalue weighted by Gasteiger charge is 2.26. The van der Waals surface area contributed by atoms with Gasteiger partial charge in [-0.05, 0) is 25.2 Å². The molecule has 1 aliphatic heterocycles. The molecule has 1 heterocycles. The largest absolute Gasteiger partial charge is 0.374 e. The topological polar surface area (TPSA) is 26.3 Å². The number of ether oxygens (including phenoxy) is 1. The molecule has 2 nitrogen and oxygen atoms in total. The SMILES string of the molecule is O=C1CCC(C2CC=CCO2)CC1. The minimum Gasteiger partial charge on any atom is -0.374 e. The van der Waals surface area contributed by atoms with Crippen molar-refractivity contribution in [2.45, 2.75) is 38.2 Å². The maximum atomic E-state index is 11.0. The highest BCUT2D eigenvalue weighted by atomic mass is 16.5. The quantitative estimate of drug-likeness (QED) is 0.577. The molecule has 72 valence electrons. The molecule has 1 saturated carbocycles. The second-order valence-corrected chi connectivity index (χ2v) is 3.95. The van der Waals surface area contributed by atoms with E-state index in [4.69, 9.17) is 4.74 Å². The second kappa shape index (κ2) is 4.05. The maximum Gasteiger partial charge on any atom is 0.132 e. The summed E-state index contributed by atoms with van der Waals surface area (Å²) in [5, 5.41) is 0. The van der Waals surface area contributed by atoms with Crippen molar-refractivity contribution in [1.82, 2.24) is 0 Å². The summed E-state index contributed by atoms with van der Waals surface area (Å²) in [6.07, 6.45) is 9.32. The van der Waals surface area contributed by atoms with Gasteiger partial charge in [0.25, 0.3) is 0 Å². The van der Waals surface area contributed by atoms with Crippen molar-refractivity contribution >= 4 is 5.78 Å². The maximum absolute atomic E-state index is 11.0. The Kier molecular flexibility index (Phi) is 2.79. The van der Waals surface area contributed by atoms with Crippen molar-refractivity contribution in [2.75, 3.05) is 6.61 Å². The molecule has 13 heavy (non-hydrogen) atoms. The van der Waals surface area contributed by atoms with Crippen LogP contribution in [0, 0.1) is 5.92 Å². The lowest BCUT2D eigenvalue weighted by Gasteiger charge is -2.30. The van der Waals surface area contributed by atoms with Crippen LogP contribution < -0.4 is 0 Å². The standard InChI is InChI=1S/C11H16O2/c12-10-6-4-9(5-7-10)11-3-1-2-8-13-11/h1-2,9,11H,3-8H2. The molecule has 2 aliphatic rings. The lowest BCUT2D eigenvalue weighted by Crippen LogP contribution is -2.29. The van der Waals surface area contributed by atoms with Crippen LogP contribution >= 0.6 is 0 Å². The fourth-order valence-corrected chi connectivity index (χ4v) is 2.21. The third kappa shape index (κ3) is 2.19. The van der Waals surface area contributed by atoms with Gasteiger partial charge in [-0.25, -0.2) is 0 Å². The molecule has 0 amide bonds. The first-order valence-corrected chi connectivity index (χ1v) is 5.14. The van der Waals surface area contributed by atoms with Crippen LogP contribution in [0.15, 0.2) is 12.2 Å². The molecule has 0 aromatic carbocycles. The zero-order chi connectivity index (χ0) is 9.10. The Hall–Kier alpha value is -0.630. The van der Waals surface area contributed by atoms with E-state index in [1.54, 1.807) is 0 Å². The lowest BCUT2D eigenvalue weighted by molar-refractivity contribution is -0.122. The molecule has 1 fully saturated rings. The second-order valence-electron chi connectivity index (χ2n) is 3.95. The first-order chi connectivity index (χ1) is 6.36. The summed E-state index contributed by atoms with van der Waals surface area (Å²) in [4.78, 5) is 11.0. The smallest absolute Gasteiger partial charge is 0.132 e. The summed E-state index contributed by atoms with van der Waals surface area (Å²) < 4.78 is 5.65. The molecular weight excluding hydrogens is 164 g/mol. The third-order valence-corrected chi connectivity index (χ3v) is 3.06. The van der Waals surface area contributed by atoms with Gasteiger partial charge < -0.3 is 4.74 Å². The summed E-state index contributed by atoms with van der Waals surface area (Å²) in [5.41, 5.74) is 0. The van der Waals surface area contributed by atoms with Crippen LogP contribution in [0.1, 0.15) is 32.1 Å². The van der Waals surface area contributed by atoms with Gasteiger partial charge in [0.05, 0.1) is 12.7 Å². The van der Waals surface area contributed by atoms with Crippen molar-refractivity contribution in [3.05, 3.63) is 12.2 Å². The van der Waals surface area contributed by atoms with Gasteiger partial charge in [-0.1, -0.05) is 12.2 Å². The van der Waals surface area contributed by atoms with E-state index in [1.807, 2.05) is 0 Å². The van der Waals surface area contributed by atoms with E-state index in [9.17, 15) is 4.79 Å². The van der Waals surface area contributed by atoms with Crippen molar-refractivity contribution in [2.24, 2.45) is 5.92 Å². The molecule has 0 aromatic heterocycles. The number of carbonyl (C=O) groups excluding carboxylic acids is 1. The minimum atomic E-state index is 0.387. The number of Topliss-reactive ketones (excluding diaryl/α,β-unsaturated/α-hetero) is 1. The Labute approximate surface area is 79.0 Å². The van der Waals surface area contributed by atoms with Crippen molar-refractivity contribution in [3.8, 4) is 0 Å². The van der Waals surface area contributed by atoms with Gasteiger partial charge in [-0.15, -0.1) is 0 Å². The van der Waals surface area contributed by atoms with Gasteiger partial charge in [0.1, 0.15) is 5.78 Å². The van der Waals surface area contributed by atoms with E-state index in [2.05, 4.69) is 12.2 Å². The molecule has 2 rings (SSSR count). The molecular formula is C11H16O2. The number of ketones is 1. The Morgan fingerprint density at radius 1 is 1.23 bits per heavy atom. The monoisotopic (exact) mass is 180 g/mol. The van der Waals surface area contributed by atoms with E-state index in [0.29, 0.717) is 17.8 Å². The van der Waals surface area contributed by atoms with Crippen molar-refractivity contribution in [3.63, 3.8) is 0 Å². The molecule has 0 radical (unpaired) electrons. The molecule has 1 aliphatic carbocycles. The van der Waals surface area contributed by atoms with E-state index in [-0.39, 0.29) is 0 Å². The number of hydrogen-bond donors (Lipinski definition) is 0. The summed E-state index contributed by atoms with van der Waals surface area (Å²) in [7, 11) is 0. The summed E-state index contributed by atoms with van der Waals surface area (Å²) in [5.74, 6) is 1.06. The average molecular weight is 180 g/mol. The molecule has 0 bridgehead atoms. The van der Waals surface area contributed by atoms with Gasteiger partial charge in [0, 0.05) is 12.8 Å². The number of hydrogen-bond acceptors (Lipinski definition) is 2. The van der Waals surface area contributed by atoms with E-state index < -0.39 is 0 Å². The predicted octanol–water partition coefficient (Wildman–Crippen LogP) is 2.09. The van der Waals surface area contributed by atoms with Gasteiger partial charge in [-0.3, -0.25) is 4.79 Å². The van der Waals surface area contributed by atoms with E-state index in [0.717, 1.165) is 38.7 Å². The van der Waals surface area contributed by atoms with Crippen LogP contribution in [-0.4, -0.2) is 18.5 Å². The van der Waals surface area contributed by atoms with E-state index in [1.165, 1.54) is 0 Å². The van der Waals surface area contributed by atoms with Gasteiger partial charge >= 0.3 is 0 Å². The van der Waals surface area contributed by atoms with Crippen LogP contribution in [0.2, 0.25) is 0 Å². The van der Waals surface area contributed by atoms with Crippen LogP contribution in [-0.2, 0) is 9.53 Å². The molecule has 2 heteroatoms. The van der Waals surface area contributed by atoms with Gasteiger partial charge in [0.15, 0.2) is 0 Å². The molecule has 1 atom stereocenters. The Balaban J connectivity index is 1.86. The zero-order valence-corrected chi connectivity index (χ0v) is 7.87. The first kappa shape index (κ1) is 8.95. The first-order valence-electron chi connectivity index (χ1n) is 5.14. The molecule has 0 spiro atoms. The predicted molar refractivity (Wildman–Crippen MR) is 50.5 cm³/mol. The molecule has 0 N–H and O–H groups in total. The molecule has 0 saturated heterocycles. The Bertz CT molecular complexity index is 210. The fourth-order valence-electron chi connectivity index (χ4n) is 2.21. The summed E-state index contributed by atoms with van der Waals surface area (Å²) in [6.45, 7) is 0.759. The molecule has 1 unspecified atom stereocenters. The lowest BCUT2D eigenvalue weighted by atomic mass is 9.83. The summed E-state index contributed by atoms with van der Waals surface area (Å²) >= 11 is 0. The minimum absolute atomic E-state index is 0.387. The van der Waals surface area contributed by atoms with Crippen LogP contribution in [0.3, 0.4) is 0 Å². The summed E-state index contributed by atoms with van der Waals surface area (Å²) in [6, 6.07) is 0. The molecule has 0 aromatic rings. The fraction of sp³-hybridized carbons (Fsp3) is 0.727. The number of carbonyl (C=O) groups is 1. The Morgan fingerprint density at radius 2 is 2.00 bits per heavy atom. The third-order valence-electron chi connectivity index (χ3n) is 3.06. The van der Waals surface area contributed by atoms with Crippen LogP contribution in [0.5, 0.6) is 0 Å². The van der Waals surface area contributed by atoms with Crippen LogP contribution in [0.25, 0.3) is 0 Å². The average Bonchev–Trinajstić information content (AvgIpc) is 2.20. The Morgan fingerprint density at radius 3 is 2.62 bits per heavy atom. The highest BCUT2D eigenvalue weighted by molar-refractivity contribution is 5.79. The van der Waals surface area contributed by atoms with Crippen molar-refractivity contribution in [1.29, 1.82) is 0 Å². The van der Waals surface area contributed by atoms with E-state index >= 15 is 0 Å². The highest BCUT2D eigenvalue weighted by Crippen LogP contribution is 2.29. The van der Waals surface area contributed by atoms with Crippen LogP contribution in [0.4, 0.5) is 0 Å². The normalized spacial score (nSPS) is 30.8.